The molecule has 0 saturated carbocycles. The topological polar surface area (TPSA) is 53.7 Å². The molecule has 20 heavy (non-hydrogen) atoms. The number of rotatable bonds is 6. The molecule has 0 amide bonds. The van der Waals surface area contributed by atoms with Crippen LogP contribution in [0.15, 0.2) is 45.5 Å². The number of carboxylic acid groups (broad SMARTS) is 1. The van der Waals surface area contributed by atoms with E-state index in [4.69, 9.17) is 9.52 Å². The maximum absolute atomic E-state index is 11.0. The molecule has 0 aliphatic carbocycles. The van der Waals surface area contributed by atoms with Gasteiger partial charge < -0.3 is 9.52 Å². The Labute approximate surface area is 126 Å². The SMILES string of the molecule is CCN(Cc1cccc(Br)c1)Cc1ccoc1C(=O)O. The maximum Gasteiger partial charge on any atom is 0.372 e. The summed E-state index contributed by atoms with van der Waals surface area (Å²) in [6.45, 7) is 4.20. The number of carbonyl (C=O) groups is 1. The Kier molecular flexibility index (Phi) is 4.98. The van der Waals surface area contributed by atoms with Gasteiger partial charge in [-0.15, -0.1) is 0 Å². The molecule has 1 aromatic carbocycles. The summed E-state index contributed by atoms with van der Waals surface area (Å²) in [5, 5.41) is 9.05. The fourth-order valence-electron chi connectivity index (χ4n) is 2.06. The van der Waals surface area contributed by atoms with Gasteiger partial charge in [0.1, 0.15) is 0 Å². The molecule has 106 valence electrons. The highest BCUT2D eigenvalue weighted by Crippen LogP contribution is 2.17. The number of carboxylic acids is 1. The lowest BCUT2D eigenvalue weighted by Crippen LogP contribution is -2.23. The van der Waals surface area contributed by atoms with E-state index in [1.807, 2.05) is 12.1 Å². The van der Waals surface area contributed by atoms with Crippen molar-refractivity contribution in [2.75, 3.05) is 6.54 Å². The van der Waals surface area contributed by atoms with E-state index in [1.165, 1.54) is 11.8 Å². The predicted octanol–water partition coefficient (Wildman–Crippen LogP) is 3.76. The highest BCUT2D eigenvalue weighted by molar-refractivity contribution is 9.10. The second-order valence-corrected chi connectivity index (χ2v) is 5.43. The molecule has 0 spiro atoms. The van der Waals surface area contributed by atoms with Gasteiger partial charge >= 0.3 is 5.97 Å². The summed E-state index contributed by atoms with van der Waals surface area (Å²) in [6.07, 6.45) is 1.42. The predicted molar refractivity (Wildman–Crippen MR) is 79.6 cm³/mol. The average Bonchev–Trinajstić information content (AvgIpc) is 2.86. The Morgan fingerprint density at radius 2 is 2.15 bits per heavy atom. The van der Waals surface area contributed by atoms with Crippen LogP contribution in [0.25, 0.3) is 0 Å². The van der Waals surface area contributed by atoms with Gasteiger partial charge in [0.15, 0.2) is 0 Å². The molecule has 0 fully saturated rings. The molecule has 0 unspecified atom stereocenters. The van der Waals surface area contributed by atoms with Crippen molar-refractivity contribution < 1.29 is 14.3 Å². The van der Waals surface area contributed by atoms with Crippen LogP contribution in [-0.4, -0.2) is 22.5 Å². The Morgan fingerprint density at radius 3 is 2.80 bits per heavy atom. The number of aromatic carboxylic acids is 1. The van der Waals surface area contributed by atoms with Crippen molar-refractivity contribution in [3.05, 3.63) is 58.0 Å². The monoisotopic (exact) mass is 337 g/mol. The van der Waals surface area contributed by atoms with Gasteiger partial charge in [-0.25, -0.2) is 4.79 Å². The Bertz CT molecular complexity index is 594. The van der Waals surface area contributed by atoms with Crippen molar-refractivity contribution in [2.45, 2.75) is 20.0 Å². The van der Waals surface area contributed by atoms with Crippen LogP contribution in [0.4, 0.5) is 0 Å². The lowest BCUT2D eigenvalue weighted by molar-refractivity contribution is 0.0659. The Balaban J connectivity index is 2.09. The average molecular weight is 338 g/mol. The lowest BCUT2D eigenvalue weighted by atomic mass is 10.2. The van der Waals surface area contributed by atoms with Crippen LogP contribution in [0.1, 0.15) is 28.6 Å². The molecule has 0 atom stereocenters. The second-order valence-electron chi connectivity index (χ2n) is 4.51. The summed E-state index contributed by atoms with van der Waals surface area (Å²) in [6, 6.07) is 9.82. The minimum absolute atomic E-state index is 0.0256. The minimum atomic E-state index is -1.02. The Hall–Kier alpha value is -1.59. The molecule has 2 aromatic rings. The van der Waals surface area contributed by atoms with Gasteiger partial charge in [-0.2, -0.15) is 0 Å². The van der Waals surface area contributed by atoms with Crippen molar-refractivity contribution >= 4 is 21.9 Å². The Morgan fingerprint density at radius 1 is 1.35 bits per heavy atom. The molecule has 1 heterocycles. The van der Waals surface area contributed by atoms with Crippen molar-refractivity contribution in [3.63, 3.8) is 0 Å². The summed E-state index contributed by atoms with van der Waals surface area (Å²) in [5.74, 6) is -0.999. The van der Waals surface area contributed by atoms with Gasteiger partial charge in [-0.3, -0.25) is 4.90 Å². The standard InChI is InChI=1S/C15H16BrNO3/c1-2-17(9-11-4-3-5-13(16)8-11)10-12-6-7-20-14(12)15(18)19/h3-8H,2,9-10H2,1H3,(H,18,19). The first-order valence-electron chi connectivity index (χ1n) is 6.36. The van der Waals surface area contributed by atoms with Crippen LogP contribution in [0.2, 0.25) is 0 Å². The molecule has 0 radical (unpaired) electrons. The van der Waals surface area contributed by atoms with Gasteiger partial charge in [0.2, 0.25) is 5.76 Å². The van der Waals surface area contributed by atoms with E-state index in [9.17, 15) is 4.79 Å². The first-order valence-corrected chi connectivity index (χ1v) is 7.16. The van der Waals surface area contributed by atoms with E-state index >= 15 is 0 Å². The zero-order chi connectivity index (χ0) is 14.5. The molecule has 1 N–H and O–H groups in total. The molecule has 0 aliphatic heterocycles. The third-order valence-electron chi connectivity index (χ3n) is 3.08. The molecule has 4 nitrogen and oxygen atoms in total. The van der Waals surface area contributed by atoms with Gasteiger partial charge in [0.05, 0.1) is 6.26 Å². The van der Waals surface area contributed by atoms with Crippen LogP contribution in [0.5, 0.6) is 0 Å². The third-order valence-corrected chi connectivity index (χ3v) is 3.57. The smallest absolute Gasteiger partial charge is 0.372 e. The summed E-state index contributed by atoms with van der Waals surface area (Å²) >= 11 is 3.45. The molecule has 5 heteroatoms. The number of hydrogen-bond acceptors (Lipinski definition) is 3. The van der Waals surface area contributed by atoms with Crippen molar-refractivity contribution in [3.8, 4) is 0 Å². The fourth-order valence-corrected chi connectivity index (χ4v) is 2.51. The van der Waals surface area contributed by atoms with Crippen LogP contribution in [0, 0.1) is 0 Å². The van der Waals surface area contributed by atoms with Crippen molar-refractivity contribution in [1.29, 1.82) is 0 Å². The maximum atomic E-state index is 11.0. The molecule has 0 aliphatic rings. The van der Waals surface area contributed by atoms with Gasteiger partial charge in [-0.1, -0.05) is 35.0 Å². The highest BCUT2D eigenvalue weighted by atomic mass is 79.9. The normalized spacial score (nSPS) is 10.9. The van der Waals surface area contributed by atoms with E-state index < -0.39 is 5.97 Å². The van der Waals surface area contributed by atoms with E-state index in [1.54, 1.807) is 6.07 Å². The largest absolute Gasteiger partial charge is 0.475 e. The van der Waals surface area contributed by atoms with E-state index in [-0.39, 0.29) is 5.76 Å². The third kappa shape index (κ3) is 3.71. The van der Waals surface area contributed by atoms with E-state index in [0.29, 0.717) is 12.1 Å². The first-order chi connectivity index (χ1) is 9.60. The van der Waals surface area contributed by atoms with E-state index in [2.05, 4.69) is 39.9 Å². The second kappa shape index (κ2) is 6.72. The van der Waals surface area contributed by atoms with Gasteiger partial charge in [0, 0.05) is 23.1 Å². The van der Waals surface area contributed by atoms with Crippen LogP contribution >= 0.6 is 15.9 Å². The molecule has 1 aromatic heterocycles. The van der Waals surface area contributed by atoms with Gasteiger partial charge in [0.25, 0.3) is 0 Å². The number of benzene rings is 1. The van der Waals surface area contributed by atoms with Crippen LogP contribution < -0.4 is 0 Å². The van der Waals surface area contributed by atoms with Crippen molar-refractivity contribution in [2.24, 2.45) is 0 Å². The molecule has 2 rings (SSSR count). The molecular weight excluding hydrogens is 322 g/mol. The summed E-state index contributed by atoms with van der Waals surface area (Å²) < 4.78 is 6.05. The number of furan rings is 1. The number of hydrogen-bond donors (Lipinski definition) is 1. The highest BCUT2D eigenvalue weighted by Gasteiger charge is 2.16. The van der Waals surface area contributed by atoms with Crippen molar-refractivity contribution in [1.82, 2.24) is 4.90 Å². The number of nitrogens with zero attached hydrogens (tertiary/aromatic N) is 1. The number of halogens is 1. The van der Waals surface area contributed by atoms with Gasteiger partial charge in [-0.05, 0) is 30.3 Å². The first kappa shape index (κ1) is 14.8. The quantitative estimate of drug-likeness (QED) is 0.871. The lowest BCUT2D eigenvalue weighted by Gasteiger charge is -2.20. The molecule has 0 bridgehead atoms. The van der Waals surface area contributed by atoms with E-state index in [0.717, 1.165) is 17.6 Å². The summed E-state index contributed by atoms with van der Waals surface area (Å²) in [5.41, 5.74) is 1.89. The summed E-state index contributed by atoms with van der Waals surface area (Å²) in [7, 11) is 0. The van der Waals surface area contributed by atoms with Crippen LogP contribution in [-0.2, 0) is 13.1 Å². The van der Waals surface area contributed by atoms with Crippen LogP contribution in [0.3, 0.4) is 0 Å². The minimum Gasteiger partial charge on any atom is -0.475 e. The fraction of sp³-hybridized carbons (Fsp3) is 0.267. The summed E-state index contributed by atoms with van der Waals surface area (Å²) in [4.78, 5) is 13.2. The zero-order valence-corrected chi connectivity index (χ0v) is 12.8. The zero-order valence-electron chi connectivity index (χ0n) is 11.2. The molecular formula is C15H16BrNO3. The molecule has 0 saturated heterocycles.